The van der Waals surface area contributed by atoms with Crippen LogP contribution in [0.1, 0.15) is 24.0 Å². The summed E-state index contributed by atoms with van der Waals surface area (Å²) in [5.41, 5.74) is 2.14. The van der Waals surface area contributed by atoms with Crippen molar-refractivity contribution in [1.29, 1.82) is 0 Å². The minimum absolute atomic E-state index is 0.0312. The molecule has 0 bridgehead atoms. The molecule has 1 fully saturated rings. The van der Waals surface area contributed by atoms with Gasteiger partial charge in [-0.3, -0.25) is 9.36 Å². The molecular weight excluding hydrogens is 423 g/mol. The Morgan fingerprint density at radius 1 is 1.33 bits per heavy atom. The minimum Gasteiger partial charge on any atom is -0.392 e. The zero-order valence-corrected chi connectivity index (χ0v) is 16.1. The number of rotatable bonds is 2. The highest BCUT2D eigenvalue weighted by atomic mass is 35.5. The average Bonchev–Trinajstić information content (AvgIpc) is 3.50. The number of carbonyl (C=O) groups is 1. The van der Waals surface area contributed by atoms with Gasteiger partial charge in [0.25, 0.3) is 5.56 Å². The van der Waals surface area contributed by atoms with Gasteiger partial charge in [-0.1, -0.05) is 35.6 Å². The first-order valence-electron chi connectivity index (χ1n) is 8.93. The quantitative estimate of drug-likeness (QED) is 0.496. The Kier molecular flexibility index (Phi) is 4.66. The number of urea groups is 1. The number of anilines is 2. The molecule has 1 unspecified atom stereocenters. The third kappa shape index (κ3) is 3.45. The molecule has 1 atom stereocenters. The van der Waals surface area contributed by atoms with Crippen molar-refractivity contribution in [2.45, 2.75) is 31.1 Å². The van der Waals surface area contributed by atoms with Gasteiger partial charge in [-0.25, -0.2) is 9.78 Å². The average molecular weight is 438 g/mol. The lowest BCUT2D eigenvalue weighted by atomic mass is 9.85. The molecule has 156 valence electrons. The van der Waals surface area contributed by atoms with Crippen LogP contribution in [0.15, 0.2) is 29.3 Å². The predicted molar refractivity (Wildman–Crippen MR) is 104 cm³/mol. The first-order chi connectivity index (χ1) is 14.1. The molecule has 0 saturated heterocycles. The lowest BCUT2D eigenvalue weighted by molar-refractivity contribution is -0.178. The highest BCUT2D eigenvalue weighted by Gasteiger charge is 2.59. The Labute approximate surface area is 173 Å². The first-order valence-corrected chi connectivity index (χ1v) is 9.31. The molecule has 0 radical (unpaired) electrons. The van der Waals surface area contributed by atoms with Crippen molar-refractivity contribution in [2.24, 2.45) is 5.92 Å². The van der Waals surface area contributed by atoms with Gasteiger partial charge in [-0.05, 0) is 24.5 Å². The van der Waals surface area contributed by atoms with Crippen molar-refractivity contribution in [2.75, 3.05) is 11.1 Å². The van der Waals surface area contributed by atoms with Gasteiger partial charge in [0.15, 0.2) is 5.15 Å². The topological polar surface area (TPSA) is 102 Å². The van der Waals surface area contributed by atoms with Crippen LogP contribution in [0, 0.1) is 17.8 Å². The molecule has 11 heteroatoms. The summed E-state index contributed by atoms with van der Waals surface area (Å²) in [6.45, 7) is -0.0312. The molecule has 1 aliphatic carbocycles. The van der Waals surface area contributed by atoms with E-state index in [2.05, 4.69) is 22.1 Å². The maximum absolute atomic E-state index is 14.1. The maximum Gasteiger partial charge on any atom is 0.427 e. The number of nitrogens with zero attached hydrogens (tertiary/aromatic N) is 2. The summed E-state index contributed by atoms with van der Waals surface area (Å²) in [6.07, 6.45) is -2.17. The van der Waals surface area contributed by atoms with E-state index >= 15 is 0 Å². The summed E-state index contributed by atoms with van der Waals surface area (Å²) < 4.78 is 43.4. The summed E-state index contributed by atoms with van der Waals surface area (Å²) >= 11 is 5.71. The Morgan fingerprint density at radius 3 is 2.73 bits per heavy atom. The molecule has 2 aliphatic rings. The molecule has 4 N–H and O–H groups in total. The fraction of sp³-hybridized carbons (Fsp3) is 0.316. The van der Waals surface area contributed by atoms with E-state index in [0.717, 1.165) is 17.4 Å². The minimum atomic E-state index is -4.84. The summed E-state index contributed by atoms with van der Waals surface area (Å²) in [7, 11) is 0. The summed E-state index contributed by atoms with van der Waals surface area (Å²) in [5.74, 6) is 4.80. The number of aromatic nitrogens is 2. The second-order valence-corrected chi connectivity index (χ2v) is 7.49. The first kappa shape index (κ1) is 20.1. The number of benzene rings is 1. The van der Waals surface area contributed by atoms with Crippen molar-refractivity contribution in [3.05, 3.63) is 51.2 Å². The van der Waals surface area contributed by atoms with Crippen LogP contribution >= 0.6 is 11.6 Å². The third-order valence-corrected chi connectivity index (χ3v) is 5.18. The Bertz CT molecular complexity index is 1160. The fourth-order valence-corrected chi connectivity index (χ4v) is 3.26. The monoisotopic (exact) mass is 437 g/mol. The van der Waals surface area contributed by atoms with E-state index in [9.17, 15) is 22.8 Å². The Balaban J connectivity index is 1.77. The van der Waals surface area contributed by atoms with Crippen LogP contribution < -0.4 is 21.9 Å². The zero-order valence-electron chi connectivity index (χ0n) is 15.3. The smallest absolute Gasteiger partial charge is 0.392 e. The van der Waals surface area contributed by atoms with Gasteiger partial charge < -0.3 is 16.4 Å². The number of fused-ring (bicyclic) bond motifs is 1. The third-order valence-electron chi connectivity index (χ3n) is 4.88. The van der Waals surface area contributed by atoms with Crippen LogP contribution in [0.25, 0.3) is 0 Å². The number of carbonyl (C=O) groups excluding carboxylic acids is 1. The van der Waals surface area contributed by atoms with Gasteiger partial charge in [0, 0.05) is 17.2 Å². The predicted octanol–water partition coefficient (Wildman–Crippen LogP) is 2.83. The van der Waals surface area contributed by atoms with E-state index in [0.29, 0.717) is 5.56 Å². The molecule has 1 aromatic carbocycles. The van der Waals surface area contributed by atoms with Crippen LogP contribution in [-0.2, 0) is 12.1 Å². The van der Waals surface area contributed by atoms with Crippen molar-refractivity contribution in [1.82, 2.24) is 14.9 Å². The number of halogens is 4. The number of nitrogens with one attached hydrogen (secondary N) is 2. The van der Waals surface area contributed by atoms with Crippen molar-refractivity contribution < 1.29 is 18.0 Å². The molecule has 2 amide bonds. The van der Waals surface area contributed by atoms with E-state index in [1.54, 1.807) is 0 Å². The number of nitrogens with two attached hydrogens (primary N) is 1. The molecule has 0 spiro atoms. The highest BCUT2D eigenvalue weighted by molar-refractivity contribution is 6.31. The number of hydrogen-bond donors (Lipinski definition) is 3. The lowest BCUT2D eigenvalue weighted by Crippen LogP contribution is -2.59. The Hall–Kier alpha value is -3.19. The SMILES string of the molecule is Nc1c(Cl)ncn(Cc2ccc3c(c2)NC(=O)NC3(C#CC2CC2)C(F)(F)F)c1=O. The van der Waals surface area contributed by atoms with E-state index in [1.807, 2.05) is 5.32 Å². The second-order valence-electron chi connectivity index (χ2n) is 7.13. The molecule has 1 aromatic heterocycles. The molecule has 2 aromatic rings. The van der Waals surface area contributed by atoms with E-state index in [-0.39, 0.29) is 34.6 Å². The van der Waals surface area contributed by atoms with Gasteiger partial charge in [0.1, 0.15) is 5.69 Å². The largest absolute Gasteiger partial charge is 0.427 e. The van der Waals surface area contributed by atoms with Crippen molar-refractivity contribution >= 4 is 29.0 Å². The number of alkyl halides is 3. The molecule has 4 rings (SSSR count). The van der Waals surface area contributed by atoms with E-state index in [1.165, 1.54) is 24.5 Å². The van der Waals surface area contributed by atoms with E-state index in [4.69, 9.17) is 17.3 Å². The molecule has 30 heavy (non-hydrogen) atoms. The zero-order chi connectivity index (χ0) is 21.7. The van der Waals surface area contributed by atoms with Gasteiger partial charge in [-0.2, -0.15) is 13.2 Å². The molecule has 7 nitrogen and oxygen atoms in total. The van der Waals surface area contributed by atoms with Crippen molar-refractivity contribution in [3.8, 4) is 11.8 Å². The highest BCUT2D eigenvalue weighted by Crippen LogP contribution is 2.44. The maximum atomic E-state index is 14.1. The standard InChI is InChI=1S/C19H15ClF3N5O2/c20-15-14(24)16(29)28(9-25-15)8-11-3-4-12-13(7-11)26-17(30)27-18(12,19(21,22)23)6-5-10-1-2-10/h3-4,7,9-10H,1-2,8,24H2,(H2,26,27,30). The summed E-state index contributed by atoms with van der Waals surface area (Å²) in [5, 5.41) is 4.21. The van der Waals surface area contributed by atoms with Gasteiger partial charge in [0.2, 0.25) is 5.54 Å². The molecule has 2 heterocycles. The normalized spacial score (nSPS) is 20.5. The fourth-order valence-electron chi connectivity index (χ4n) is 3.14. The summed E-state index contributed by atoms with van der Waals surface area (Å²) in [4.78, 5) is 28.1. The van der Waals surface area contributed by atoms with Gasteiger partial charge >= 0.3 is 12.2 Å². The van der Waals surface area contributed by atoms with Crippen LogP contribution in [0.2, 0.25) is 5.15 Å². The number of amides is 2. The summed E-state index contributed by atoms with van der Waals surface area (Å²) in [6, 6.07) is 3.01. The number of hydrogen-bond acceptors (Lipinski definition) is 4. The number of nitrogen functional groups attached to an aromatic ring is 1. The van der Waals surface area contributed by atoms with E-state index < -0.39 is 23.3 Å². The van der Waals surface area contributed by atoms with Crippen molar-refractivity contribution in [3.63, 3.8) is 0 Å². The van der Waals surface area contributed by atoms with Crippen LogP contribution in [0.5, 0.6) is 0 Å². The molecular formula is C19H15ClF3N5O2. The van der Waals surface area contributed by atoms with Crippen LogP contribution in [0.3, 0.4) is 0 Å². The molecule has 1 aliphatic heterocycles. The van der Waals surface area contributed by atoms with Crippen LogP contribution in [0.4, 0.5) is 29.3 Å². The molecule has 1 saturated carbocycles. The second kappa shape index (κ2) is 6.95. The van der Waals surface area contributed by atoms with Gasteiger partial charge in [-0.15, -0.1) is 0 Å². The Morgan fingerprint density at radius 2 is 2.07 bits per heavy atom. The lowest BCUT2D eigenvalue weighted by Gasteiger charge is -2.37. The van der Waals surface area contributed by atoms with Crippen LogP contribution in [-0.4, -0.2) is 21.8 Å². The van der Waals surface area contributed by atoms with Gasteiger partial charge in [0.05, 0.1) is 12.9 Å².